The number of aliphatic hydroxyl groups is 1. The number of allylic oxidation sites excluding steroid dienone is 2. The molecule has 4 atom stereocenters. The molecule has 0 saturated carbocycles. The largest absolute Gasteiger partial charge is 0.459 e. The highest BCUT2D eigenvalue weighted by Gasteiger charge is 2.58. The first-order valence-electron chi connectivity index (χ1n) is 15.0. The minimum atomic E-state index is -5.12. The highest BCUT2D eigenvalue weighted by atomic mass is 19.4. The number of nitrogens with zero attached hydrogens (tertiary/aromatic N) is 1. The molecule has 0 unspecified atom stereocenters. The van der Waals surface area contributed by atoms with Crippen LogP contribution in [-0.2, 0) is 33.3 Å². The molecule has 2 aromatic rings. The second-order valence-corrected chi connectivity index (χ2v) is 12.2. The number of halogens is 6. The SMILES string of the molecule is CCC/C(=C\c1ccc(CO)o1)CC[C@H]1OC[C@H]2C1=C(C(C)C)C[C@H]1C(=O)N(c3cc(C(F)(F)F)cc(C(F)(F)F)c3)C(=O)[C@H]12. The molecule has 244 valence electrons. The molecule has 2 aliphatic heterocycles. The van der Waals surface area contributed by atoms with Gasteiger partial charge in [-0.25, -0.2) is 4.90 Å². The summed E-state index contributed by atoms with van der Waals surface area (Å²) >= 11 is 0. The number of amides is 2. The van der Waals surface area contributed by atoms with Crippen molar-refractivity contribution in [2.75, 3.05) is 11.5 Å². The Morgan fingerprint density at radius 1 is 1.00 bits per heavy atom. The van der Waals surface area contributed by atoms with E-state index in [0.717, 1.165) is 29.6 Å². The molecule has 1 N–H and O–H groups in total. The van der Waals surface area contributed by atoms with Gasteiger partial charge in [-0.05, 0) is 73.6 Å². The predicted molar refractivity (Wildman–Crippen MR) is 152 cm³/mol. The van der Waals surface area contributed by atoms with Crippen molar-refractivity contribution in [3.8, 4) is 0 Å². The molecular weight excluding hydrogens is 604 g/mol. The maximum Gasteiger partial charge on any atom is 0.416 e. The minimum Gasteiger partial charge on any atom is -0.459 e. The lowest BCUT2D eigenvalue weighted by Crippen LogP contribution is -2.35. The van der Waals surface area contributed by atoms with Gasteiger partial charge >= 0.3 is 12.4 Å². The van der Waals surface area contributed by atoms with E-state index in [0.29, 0.717) is 41.4 Å². The van der Waals surface area contributed by atoms with E-state index >= 15 is 0 Å². The number of anilines is 1. The number of carbonyl (C=O) groups excluding carboxylic acids is 2. The van der Waals surface area contributed by atoms with E-state index < -0.39 is 58.7 Å². The van der Waals surface area contributed by atoms with Crippen LogP contribution in [-0.4, -0.2) is 29.6 Å². The quantitative estimate of drug-likeness (QED) is 0.171. The Labute approximate surface area is 256 Å². The first kappa shape index (κ1) is 33.0. The summed E-state index contributed by atoms with van der Waals surface area (Å²) < 4.78 is 93.4. The van der Waals surface area contributed by atoms with Crippen LogP contribution in [0.3, 0.4) is 0 Å². The zero-order chi connectivity index (χ0) is 32.8. The van der Waals surface area contributed by atoms with Gasteiger partial charge in [0.15, 0.2) is 0 Å². The monoisotopic (exact) mass is 639 g/mol. The van der Waals surface area contributed by atoms with E-state index in [1.54, 1.807) is 12.1 Å². The average Bonchev–Trinajstić information content (AvgIpc) is 3.66. The molecule has 1 aliphatic carbocycles. The van der Waals surface area contributed by atoms with Gasteiger partial charge in [-0.15, -0.1) is 0 Å². The number of hydrogen-bond acceptors (Lipinski definition) is 5. The van der Waals surface area contributed by atoms with Crippen molar-refractivity contribution < 1.29 is 50.2 Å². The maximum atomic E-state index is 13.8. The standard InChI is InChI=1S/C33H35F6NO5/c1-4-5-18(10-22-7-8-23(15-41)45-22)6-9-27-28-24(17(2)3)14-25-29(26(28)16-44-27)31(43)40(30(25)42)21-12-19(32(34,35)36)11-20(13-21)33(37,38)39/h7-8,10-13,17,25-27,29,41H,4-6,9,14-16H2,1-3H3/b18-10+/t25-,26+,27-,29-/m1/s1. The summed E-state index contributed by atoms with van der Waals surface area (Å²) in [5, 5.41) is 9.31. The van der Waals surface area contributed by atoms with Gasteiger partial charge in [-0.1, -0.05) is 38.3 Å². The molecule has 3 aliphatic rings. The van der Waals surface area contributed by atoms with Gasteiger partial charge in [0.1, 0.15) is 18.1 Å². The maximum absolute atomic E-state index is 13.8. The normalized spacial score (nSPS) is 24.2. The van der Waals surface area contributed by atoms with Gasteiger partial charge in [-0.3, -0.25) is 9.59 Å². The second-order valence-electron chi connectivity index (χ2n) is 12.2. The van der Waals surface area contributed by atoms with E-state index in [9.17, 15) is 41.0 Å². The number of rotatable bonds is 9. The van der Waals surface area contributed by atoms with Crippen LogP contribution in [0.4, 0.5) is 32.0 Å². The Morgan fingerprint density at radius 3 is 2.22 bits per heavy atom. The van der Waals surface area contributed by atoms with Gasteiger partial charge in [0.2, 0.25) is 11.8 Å². The number of hydrogen-bond donors (Lipinski definition) is 1. The topological polar surface area (TPSA) is 80.0 Å². The third-order valence-corrected chi connectivity index (χ3v) is 8.96. The number of ether oxygens (including phenoxy) is 1. The van der Waals surface area contributed by atoms with E-state index in [2.05, 4.69) is 6.92 Å². The van der Waals surface area contributed by atoms with Crippen molar-refractivity contribution in [2.24, 2.45) is 23.7 Å². The van der Waals surface area contributed by atoms with Gasteiger partial charge < -0.3 is 14.3 Å². The molecule has 45 heavy (non-hydrogen) atoms. The van der Waals surface area contributed by atoms with Crippen molar-refractivity contribution in [1.82, 2.24) is 0 Å². The van der Waals surface area contributed by atoms with Gasteiger partial charge in [0.05, 0.1) is 41.4 Å². The minimum absolute atomic E-state index is 0.0216. The molecule has 0 radical (unpaired) electrons. The summed E-state index contributed by atoms with van der Waals surface area (Å²) in [7, 11) is 0. The summed E-state index contributed by atoms with van der Waals surface area (Å²) in [6, 6.07) is 4.31. The Balaban J connectivity index is 1.44. The van der Waals surface area contributed by atoms with Gasteiger partial charge in [0, 0.05) is 5.92 Å². The van der Waals surface area contributed by atoms with Crippen LogP contribution in [0, 0.1) is 23.7 Å². The molecule has 2 saturated heterocycles. The van der Waals surface area contributed by atoms with Crippen molar-refractivity contribution in [2.45, 2.75) is 77.9 Å². The Hall–Kier alpha value is -3.38. The van der Waals surface area contributed by atoms with Gasteiger partial charge in [-0.2, -0.15) is 26.3 Å². The summed E-state index contributed by atoms with van der Waals surface area (Å²) in [4.78, 5) is 28.0. The van der Waals surface area contributed by atoms with Crippen molar-refractivity contribution in [1.29, 1.82) is 0 Å². The Morgan fingerprint density at radius 2 is 1.67 bits per heavy atom. The lowest BCUT2D eigenvalue weighted by atomic mass is 9.67. The molecular formula is C33H35F6NO5. The van der Waals surface area contributed by atoms with Gasteiger partial charge in [0.25, 0.3) is 0 Å². The molecule has 5 rings (SSSR count). The second kappa shape index (κ2) is 12.4. The fourth-order valence-electron chi connectivity index (χ4n) is 6.95. The molecule has 6 nitrogen and oxygen atoms in total. The van der Waals surface area contributed by atoms with E-state index in [4.69, 9.17) is 9.15 Å². The predicted octanol–water partition coefficient (Wildman–Crippen LogP) is 7.95. The third kappa shape index (κ3) is 6.49. The van der Waals surface area contributed by atoms with Crippen LogP contribution in [0.2, 0.25) is 0 Å². The summed E-state index contributed by atoms with van der Waals surface area (Å²) in [6.45, 7) is 5.86. The smallest absolute Gasteiger partial charge is 0.416 e. The number of imide groups is 1. The fourth-order valence-corrected chi connectivity index (χ4v) is 6.95. The van der Waals surface area contributed by atoms with Crippen molar-refractivity contribution in [3.63, 3.8) is 0 Å². The van der Waals surface area contributed by atoms with E-state index in [1.807, 2.05) is 19.9 Å². The number of furan rings is 1. The summed E-state index contributed by atoms with van der Waals surface area (Å²) in [5.41, 5.74) is -0.968. The van der Waals surface area contributed by atoms with Crippen LogP contribution >= 0.6 is 0 Å². The summed E-state index contributed by atoms with van der Waals surface area (Å²) in [6.07, 6.45) is -5.59. The molecule has 0 spiro atoms. The zero-order valence-electron chi connectivity index (χ0n) is 25.1. The molecule has 3 heterocycles. The molecule has 1 aromatic carbocycles. The van der Waals surface area contributed by atoms with Crippen LogP contribution in [0.1, 0.15) is 75.5 Å². The number of alkyl halides is 6. The van der Waals surface area contributed by atoms with Crippen LogP contribution in [0.15, 0.2) is 51.5 Å². The Kier molecular flexibility index (Phi) is 9.12. The molecule has 12 heteroatoms. The van der Waals surface area contributed by atoms with Crippen molar-refractivity contribution in [3.05, 3.63) is 69.7 Å². The number of aliphatic hydroxyl groups excluding tert-OH is 1. The average molecular weight is 640 g/mol. The number of carbonyl (C=O) groups is 2. The van der Waals surface area contributed by atoms with E-state index in [-0.39, 0.29) is 37.7 Å². The highest BCUT2D eigenvalue weighted by Crippen LogP contribution is 2.52. The summed E-state index contributed by atoms with van der Waals surface area (Å²) in [5.74, 6) is -2.94. The zero-order valence-corrected chi connectivity index (χ0v) is 25.1. The first-order valence-corrected chi connectivity index (χ1v) is 15.0. The first-order chi connectivity index (χ1) is 21.1. The molecule has 2 fully saturated rings. The van der Waals surface area contributed by atoms with Crippen LogP contribution in [0.25, 0.3) is 6.08 Å². The molecule has 2 amide bonds. The van der Waals surface area contributed by atoms with Crippen LogP contribution < -0.4 is 4.90 Å². The van der Waals surface area contributed by atoms with Crippen molar-refractivity contribution >= 4 is 23.6 Å². The lowest BCUT2D eigenvalue weighted by molar-refractivity contribution is -0.143. The van der Waals surface area contributed by atoms with Crippen LogP contribution in [0.5, 0.6) is 0 Å². The van der Waals surface area contributed by atoms with E-state index in [1.165, 1.54) is 0 Å². The molecule has 1 aromatic heterocycles. The number of fused-ring (bicyclic) bond motifs is 3. The third-order valence-electron chi connectivity index (χ3n) is 8.96. The highest BCUT2D eigenvalue weighted by molar-refractivity contribution is 6.22. The number of benzene rings is 1. The Bertz CT molecular complexity index is 1490. The fraction of sp³-hybridized carbons (Fsp3) is 0.515. The molecule has 0 bridgehead atoms. The lowest BCUT2D eigenvalue weighted by Gasteiger charge is -2.33.